The molecule has 24 heavy (non-hydrogen) atoms. The van der Waals surface area contributed by atoms with Gasteiger partial charge in [0.1, 0.15) is 5.82 Å². The van der Waals surface area contributed by atoms with Gasteiger partial charge in [0.15, 0.2) is 0 Å². The highest BCUT2D eigenvalue weighted by molar-refractivity contribution is 5.76. The van der Waals surface area contributed by atoms with Gasteiger partial charge in [-0.2, -0.15) is 0 Å². The van der Waals surface area contributed by atoms with Crippen molar-refractivity contribution in [1.29, 1.82) is 0 Å². The van der Waals surface area contributed by atoms with E-state index in [1.165, 1.54) is 31.7 Å². The van der Waals surface area contributed by atoms with E-state index in [1.807, 2.05) is 6.07 Å². The summed E-state index contributed by atoms with van der Waals surface area (Å²) in [7, 11) is 0. The van der Waals surface area contributed by atoms with Crippen molar-refractivity contribution in [2.24, 2.45) is 5.92 Å². The highest BCUT2D eigenvalue weighted by Crippen LogP contribution is 2.35. The molecule has 1 N–H and O–H groups in total. The number of rotatable bonds is 6. The van der Waals surface area contributed by atoms with Gasteiger partial charge in [-0.1, -0.05) is 37.8 Å². The van der Waals surface area contributed by atoms with Gasteiger partial charge in [0, 0.05) is 31.6 Å². The Labute approximate surface area is 144 Å². The summed E-state index contributed by atoms with van der Waals surface area (Å²) in [5.41, 5.74) is 0.769. The van der Waals surface area contributed by atoms with Crippen LogP contribution in [0.4, 0.5) is 4.39 Å². The molecule has 0 radical (unpaired) electrons. The van der Waals surface area contributed by atoms with Crippen LogP contribution < -0.4 is 5.32 Å². The smallest absolute Gasteiger partial charge is 0.220 e. The summed E-state index contributed by atoms with van der Waals surface area (Å²) >= 11 is 0. The minimum atomic E-state index is -0.217. The molecule has 0 atom stereocenters. The normalized spacial score (nSPS) is 20.9. The molecule has 3 nitrogen and oxygen atoms in total. The highest BCUT2D eigenvalue weighted by Gasteiger charge is 2.35. The first kappa shape index (κ1) is 17.4. The molecule has 4 heteroatoms. The Balaban J connectivity index is 1.59. The fraction of sp³-hybridized carbons (Fsp3) is 0.650. The first-order valence-corrected chi connectivity index (χ1v) is 9.28. The number of halogens is 1. The highest BCUT2D eigenvalue weighted by atomic mass is 19.1. The Kier molecular flexibility index (Phi) is 5.88. The molecule has 1 saturated heterocycles. The lowest BCUT2D eigenvalue weighted by atomic mass is 9.74. The number of hydrogen-bond donors (Lipinski definition) is 1. The summed E-state index contributed by atoms with van der Waals surface area (Å²) in [5, 5.41) is 3.12. The zero-order valence-electron chi connectivity index (χ0n) is 14.4. The number of ether oxygens (including phenoxy) is 1. The van der Waals surface area contributed by atoms with Crippen LogP contribution in [0.25, 0.3) is 0 Å². The van der Waals surface area contributed by atoms with E-state index in [0.717, 1.165) is 30.7 Å². The lowest BCUT2D eigenvalue weighted by molar-refractivity contribution is -0.121. The first-order chi connectivity index (χ1) is 11.7. The predicted octanol–water partition coefficient (Wildman–Crippen LogP) is 3.96. The number of carbonyl (C=O) groups is 1. The van der Waals surface area contributed by atoms with Crippen LogP contribution in [0.5, 0.6) is 0 Å². The molecule has 0 aromatic heterocycles. The minimum absolute atomic E-state index is 0.129. The zero-order valence-corrected chi connectivity index (χ0v) is 14.4. The Morgan fingerprint density at radius 3 is 2.71 bits per heavy atom. The SMILES string of the molecule is O=C(CCC1CCCC1)NCC1(c2cccc(F)c2)CCOCC1. The third-order valence-electron chi connectivity index (χ3n) is 5.77. The molecular weight excluding hydrogens is 305 g/mol. The van der Waals surface area contributed by atoms with Gasteiger partial charge in [-0.25, -0.2) is 4.39 Å². The molecule has 3 rings (SSSR count). The Morgan fingerprint density at radius 2 is 2.00 bits per heavy atom. The third-order valence-corrected chi connectivity index (χ3v) is 5.77. The van der Waals surface area contributed by atoms with Gasteiger partial charge in [-0.05, 0) is 42.9 Å². The van der Waals surface area contributed by atoms with Crippen molar-refractivity contribution in [3.63, 3.8) is 0 Å². The monoisotopic (exact) mass is 333 g/mol. The molecule has 1 heterocycles. The van der Waals surface area contributed by atoms with E-state index in [9.17, 15) is 9.18 Å². The second-order valence-electron chi connectivity index (χ2n) is 7.37. The van der Waals surface area contributed by atoms with E-state index in [4.69, 9.17) is 4.74 Å². The molecule has 1 saturated carbocycles. The van der Waals surface area contributed by atoms with Crippen molar-refractivity contribution in [1.82, 2.24) is 5.32 Å². The van der Waals surface area contributed by atoms with Crippen LogP contribution in [-0.2, 0) is 14.9 Å². The predicted molar refractivity (Wildman–Crippen MR) is 92.3 cm³/mol. The molecule has 0 unspecified atom stereocenters. The largest absolute Gasteiger partial charge is 0.381 e. The molecule has 1 aromatic rings. The van der Waals surface area contributed by atoms with Crippen LogP contribution in [0, 0.1) is 11.7 Å². The van der Waals surface area contributed by atoms with Gasteiger partial charge >= 0.3 is 0 Å². The van der Waals surface area contributed by atoms with Crippen LogP contribution in [0.15, 0.2) is 24.3 Å². The van der Waals surface area contributed by atoms with Gasteiger partial charge in [0.05, 0.1) is 0 Å². The summed E-state index contributed by atoms with van der Waals surface area (Å²) in [4.78, 5) is 12.3. The quantitative estimate of drug-likeness (QED) is 0.856. The van der Waals surface area contributed by atoms with Crippen LogP contribution in [-0.4, -0.2) is 25.7 Å². The van der Waals surface area contributed by atoms with Gasteiger partial charge in [-0.3, -0.25) is 4.79 Å². The van der Waals surface area contributed by atoms with Crippen LogP contribution >= 0.6 is 0 Å². The molecule has 1 aromatic carbocycles. The Hall–Kier alpha value is -1.42. The molecular formula is C20H28FNO2. The molecule has 0 spiro atoms. The number of amides is 1. The maximum atomic E-state index is 13.7. The average Bonchev–Trinajstić information content (AvgIpc) is 3.12. The molecule has 0 bridgehead atoms. The molecule has 1 aliphatic carbocycles. The molecule has 1 aliphatic heterocycles. The second-order valence-corrected chi connectivity index (χ2v) is 7.37. The van der Waals surface area contributed by atoms with Gasteiger partial charge in [0.25, 0.3) is 0 Å². The summed E-state index contributed by atoms with van der Waals surface area (Å²) in [5.74, 6) is 0.645. The molecule has 2 aliphatic rings. The summed E-state index contributed by atoms with van der Waals surface area (Å²) in [6.07, 6.45) is 8.43. The number of carbonyl (C=O) groups excluding carboxylic acids is 1. The van der Waals surface area contributed by atoms with E-state index in [-0.39, 0.29) is 17.1 Å². The van der Waals surface area contributed by atoms with Crippen LogP contribution in [0.1, 0.15) is 56.9 Å². The van der Waals surface area contributed by atoms with E-state index in [1.54, 1.807) is 12.1 Å². The van der Waals surface area contributed by atoms with E-state index in [0.29, 0.717) is 26.2 Å². The van der Waals surface area contributed by atoms with Crippen molar-refractivity contribution >= 4 is 5.91 Å². The number of nitrogens with one attached hydrogen (secondary N) is 1. The fourth-order valence-corrected chi connectivity index (χ4v) is 4.14. The van der Waals surface area contributed by atoms with Crippen LogP contribution in [0.2, 0.25) is 0 Å². The standard InChI is InChI=1S/C20H28FNO2/c21-18-7-3-6-17(14-18)20(10-12-24-13-11-20)15-22-19(23)9-8-16-4-1-2-5-16/h3,6-7,14,16H,1-2,4-5,8-13,15H2,(H,22,23). The second kappa shape index (κ2) is 8.11. The van der Waals surface area contributed by atoms with Crippen molar-refractivity contribution in [3.05, 3.63) is 35.6 Å². The number of hydrogen-bond acceptors (Lipinski definition) is 2. The molecule has 1 amide bonds. The van der Waals surface area contributed by atoms with E-state index < -0.39 is 0 Å². The Bertz CT molecular complexity index is 548. The topological polar surface area (TPSA) is 38.3 Å². The zero-order chi connectivity index (χ0) is 16.8. The first-order valence-electron chi connectivity index (χ1n) is 9.28. The lowest BCUT2D eigenvalue weighted by Crippen LogP contribution is -2.44. The summed E-state index contributed by atoms with van der Waals surface area (Å²) < 4.78 is 19.2. The van der Waals surface area contributed by atoms with Crippen molar-refractivity contribution in [3.8, 4) is 0 Å². The van der Waals surface area contributed by atoms with Gasteiger partial charge in [0.2, 0.25) is 5.91 Å². The summed E-state index contributed by atoms with van der Waals surface area (Å²) in [6, 6.07) is 6.80. The van der Waals surface area contributed by atoms with Gasteiger partial charge < -0.3 is 10.1 Å². The van der Waals surface area contributed by atoms with Crippen molar-refractivity contribution in [2.45, 2.75) is 56.8 Å². The molecule has 2 fully saturated rings. The lowest BCUT2D eigenvalue weighted by Gasteiger charge is -2.38. The van der Waals surface area contributed by atoms with Gasteiger partial charge in [-0.15, -0.1) is 0 Å². The average molecular weight is 333 g/mol. The summed E-state index contributed by atoms with van der Waals surface area (Å²) in [6.45, 7) is 1.90. The number of benzene rings is 1. The van der Waals surface area contributed by atoms with Crippen LogP contribution in [0.3, 0.4) is 0 Å². The Morgan fingerprint density at radius 1 is 1.25 bits per heavy atom. The van der Waals surface area contributed by atoms with E-state index >= 15 is 0 Å². The fourth-order valence-electron chi connectivity index (χ4n) is 4.14. The third kappa shape index (κ3) is 4.35. The van der Waals surface area contributed by atoms with Crippen molar-refractivity contribution in [2.75, 3.05) is 19.8 Å². The van der Waals surface area contributed by atoms with E-state index in [2.05, 4.69) is 5.32 Å². The molecule has 132 valence electrons. The maximum absolute atomic E-state index is 13.7. The van der Waals surface area contributed by atoms with Crippen molar-refractivity contribution < 1.29 is 13.9 Å². The minimum Gasteiger partial charge on any atom is -0.381 e. The maximum Gasteiger partial charge on any atom is 0.220 e.